The van der Waals surface area contributed by atoms with Crippen molar-refractivity contribution in [3.63, 3.8) is 0 Å². The van der Waals surface area contributed by atoms with Crippen molar-refractivity contribution in [1.29, 1.82) is 0 Å². The fraction of sp³-hybridized carbons (Fsp3) is 0.900. The summed E-state index contributed by atoms with van der Waals surface area (Å²) in [6, 6.07) is 0. The smallest absolute Gasteiger partial charge is 0.350 e. The zero-order valence-electron chi connectivity index (χ0n) is 11.7. The van der Waals surface area contributed by atoms with Gasteiger partial charge < -0.3 is 24.9 Å². The number of rotatable bonds is 6. The maximum absolute atomic E-state index is 11.2. The van der Waals surface area contributed by atoms with E-state index < -0.39 is 20.7 Å². The van der Waals surface area contributed by atoms with Crippen molar-refractivity contribution in [1.82, 2.24) is 5.32 Å². The van der Waals surface area contributed by atoms with E-state index in [1.807, 2.05) is 6.92 Å². The van der Waals surface area contributed by atoms with Crippen molar-refractivity contribution >= 4 is 33.7 Å². The molecule has 0 spiro atoms. The molecule has 8 nitrogen and oxygen atoms in total. The van der Waals surface area contributed by atoms with Crippen molar-refractivity contribution in [2.24, 2.45) is 16.8 Å². The van der Waals surface area contributed by atoms with E-state index in [0.29, 0.717) is 12.5 Å². The highest BCUT2D eigenvalue weighted by atomic mass is 32.1. The molecule has 0 aromatic heterocycles. The molecule has 2 unspecified atom stereocenters. The lowest BCUT2D eigenvalue weighted by atomic mass is 9.89. The molecule has 0 fully saturated rings. The van der Waals surface area contributed by atoms with Gasteiger partial charge in [-0.25, -0.2) is 0 Å². The second-order valence-electron chi connectivity index (χ2n) is 5.29. The predicted octanol–water partition coefficient (Wildman–Crippen LogP) is 0.979. The molecule has 0 bridgehead atoms. The Bertz CT molecular complexity index is 454. The number of amidine groups is 1. The van der Waals surface area contributed by atoms with Crippen LogP contribution in [0.15, 0.2) is 4.99 Å². The topological polar surface area (TPSA) is 139 Å². The average molecular weight is 360 g/mol. The van der Waals surface area contributed by atoms with E-state index in [-0.39, 0.29) is 11.8 Å². The lowest BCUT2D eigenvalue weighted by Gasteiger charge is -2.30. The molecule has 0 aliphatic carbocycles. The summed E-state index contributed by atoms with van der Waals surface area (Å²) in [5, 5.41) is 2.27. The van der Waals surface area contributed by atoms with Crippen LogP contribution in [0.4, 0.5) is 0 Å². The van der Waals surface area contributed by atoms with Crippen molar-refractivity contribution in [3.05, 3.63) is 0 Å². The van der Waals surface area contributed by atoms with Crippen LogP contribution in [-0.4, -0.2) is 43.2 Å². The maximum Gasteiger partial charge on any atom is 0.360 e. The number of hydrogen-bond donors (Lipinski definition) is 6. The summed E-state index contributed by atoms with van der Waals surface area (Å²) in [5.74, 6) is 1.26. The van der Waals surface area contributed by atoms with Crippen LogP contribution in [-0.2, 0) is 9.13 Å². The van der Waals surface area contributed by atoms with E-state index in [9.17, 15) is 9.13 Å². The summed E-state index contributed by atoms with van der Waals surface area (Å²) in [4.78, 5) is 40.6. The highest BCUT2D eigenvalue weighted by molar-refractivity contribution is 7.80. The molecule has 5 N–H and O–H groups in total. The predicted molar refractivity (Wildman–Crippen MR) is 83.7 cm³/mol. The number of nitrogens with one attached hydrogen (secondary N) is 1. The Morgan fingerprint density at radius 1 is 1.33 bits per heavy atom. The van der Waals surface area contributed by atoms with Gasteiger partial charge in [0.15, 0.2) is 0 Å². The van der Waals surface area contributed by atoms with Gasteiger partial charge in [-0.05, 0) is 30.9 Å². The van der Waals surface area contributed by atoms with Gasteiger partial charge >= 0.3 is 15.2 Å². The minimum atomic E-state index is -4.99. The molecule has 1 aliphatic rings. The summed E-state index contributed by atoms with van der Waals surface area (Å²) in [5.41, 5.74) is -2.24. The largest absolute Gasteiger partial charge is 0.360 e. The molecule has 0 amide bonds. The molecule has 1 rings (SSSR count). The zero-order valence-corrected chi connectivity index (χ0v) is 14.3. The standard InChI is InChI=1S/C10H22N2O6P2S/c1-7-5-8(3-2-4-21)6-11-9(7)12-10(19(13,14)15)20(16,17)18/h7-8,10,21H,2-6H2,1H3,(H,11,12)(H2,13,14,15)(H2,16,17,18). The Labute approximate surface area is 129 Å². The molecule has 21 heavy (non-hydrogen) atoms. The van der Waals surface area contributed by atoms with Gasteiger partial charge in [-0.2, -0.15) is 12.6 Å². The Morgan fingerprint density at radius 3 is 2.33 bits per heavy atom. The first-order valence-electron chi connectivity index (χ1n) is 6.58. The molecule has 1 heterocycles. The Morgan fingerprint density at radius 2 is 1.90 bits per heavy atom. The van der Waals surface area contributed by atoms with Gasteiger partial charge in [0, 0.05) is 12.5 Å². The van der Waals surface area contributed by atoms with Crippen molar-refractivity contribution in [3.8, 4) is 0 Å². The molecule has 2 atom stereocenters. The maximum atomic E-state index is 11.2. The first-order chi connectivity index (χ1) is 9.55. The first kappa shape index (κ1) is 19.2. The molecule has 0 aromatic carbocycles. The lowest BCUT2D eigenvalue weighted by Crippen LogP contribution is -2.41. The minimum absolute atomic E-state index is 0.135. The van der Waals surface area contributed by atoms with Crippen molar-refractivity contribution in [2.75, 3.05) is 12.3 Å². The SMILES string of the molecule is CC1CC(CCCS)CN=C1NC(P(=O)(O)O)P(=O)(O)O. The molecular formula is C10H22N2O6P2S. The molecule has 0 saturated heterocycles. The van der Waals surface area contributed by atoms with Crippen LogP contribution < -0.4 is 5.32 Å². The minimum Gasteiger partial charge on any atom is -0.350 e. The third kappa shape index (κ3) is 6.02. The average Bonchev–Trinajstić information content (AvgIpc) is 2.32. The van der Waals surface area contributed by atoms with Gasteiger partial charge in [-0.3, -0.25) is 14.1 Å². The zero-order chi connectivity index (χ0) is 16.3. The Balaban J connectivity index is 2.79. The van der Waals surface area contributed by atoms with E-state index >= 15 is 0 Å². The quantitative estimate of drug-likeness (QED) is 0.306. The van der Waals surface area contributed by atoms with Gasteiger partial charge in [0.25, 0.3) is 0 Å². The fourth-order valence-electron chi connectivity index (χ4n) is 2.34. The van der Waals surface area contributed by atoms with Crippen LogP contribution in [0.3, 0.4) is 0 Å². The van der Waals surface area contributed by atoms with Gasteiger partial charge in [-0.15, -0.1) is 0 Å². The fourth-order valence-corrected chi connectivity index (χ4v) is 4.69. The van der Waals surface area contributed by atoms with Crippen LogP contribution >= 0.6 is 27.8 Å². The number of nitrogens with zero attached hydrogens (tertiary/aromatic N) is 1. The van der Waals surface area contributed by atoms with E-state index in [0.717, 1.165) is 25.0 Å². The molecule has 124 valence electrons. The van der Waals surface area contributed by atoms with Crippen LogP contribution in [0.25, 0.3) is 0 Å². The molecule has 0 radical (unpaired) electrons. The highest BCUT2D eigenvalue weighted by Gasteiger charge is 2.44. The first-order valence-corrected chi connectivity index (χ1v) is 10.6. The monoisotopic (exact) mass is 360 g/mol. The Hall–Kier alpha value is 0.120. The highest BCUT2D eigenvalue weighted by Crippen LogP contribution is 2.58. The van der Waals surface area contributed by atoms with Gasteiger partial charge in [0.05, 0.1) is 0 Å². The van der Waals surface area contributed by atoms with Crippen LogP contribution in [0.5, 0.6) is 0 Å². The van der Waals surface area contributed by atoms with E-state index in [4.69, 9.17) is 19.6 Å². The Kier molecular flexibility index (Phi) is 6.93. The summed E-state index contributed by atoms with van der Waals surface area (Å²) in [7, 11) is -9.98. The van der Waals surface area contributed by atoms with Gasteiger partial charge in [-0.1, -0.05) is 6.92 Å². The van der Waals surface area contributed by atoms with Gasteiger partial charge in [0.1, 0.15) is 5.84 Å². The number of aliphatic imine (C=N–C) groups is 1. The number of hydrogen-bond acceptors (Lipinski definition) is 5. The van der Waals surface area contributed by atoms with Crippen molar-refractivity contribution in [2.45, 2.75) is 31.7 Å². The van der Waals surface area contributed by atoms with Gasteiger partial charge in [0.2, 0.25) is 5.52 Å². The second kappa shape index (κ2) is 7.59. The molecule has 0 saturated carbocycles. The second-order valence-corrected chi connectivity index (χ2v) is 9.53. The third-order valence-electron chi connectivity index (χ3n) is 3.36. The van der Waals surface area contributed by atoms with E-state index in [1.165, 1.54) is 0 Å². The summed E-state index contributed by atoms with van der Waals surface area (Å²) < 4.78 is 22.5. The molecular weight excluding hydrogens is 338 g/mol. The number of thiol groups is 1. The normalized spacial score (nSPS) is 24.0. The van der Waals surface area contributed by atoms with Crippen LogP contribution in [0.2, 0.25) is 0 Å². The summed E-state index contributed by atoms with van der Waals surface area (Å²) in [6.45, 7) is 2.30. The third-order valence-corrected chi connectivity index (χ3v) is 7.01. The molecule has 1 aliphatic heterocycles. The van der Waals surface area contributed by atoms with E-state index in [2.05, 4.69) is 22.9 Å². The summed E-state index contributed by atoms with van der Waals surface area (Å²) >= 11 is 4.15. The molecule has 11 heteroatoms. The summed E-state index contributed by atoms with van der Waals surface area (Å²) in [6.07, 6.45) is 2.69. The molecule has 0 aromatic rings. The van der Waals surface area contributed by atoms with E-state index in [1.54, 1.807) is 0 Å². The van der Waals surface area contributed by atoms with Crippen LogP contribution in [0.1, 0.15) is 26.2 Å². The van der Waals surface area contributed by atoms with Crippen molar-refractivity contribution < 1.29 is 28.7 Å². The lowest BCUT2D eigenvalue weighted by molar-refractivity contribution is 0.332. The van der Waals surface area contributed by atoms with Crippen LogP contribution in [0, 0.1) is 11.8 Å².